The van der Waals surface area contributed by atoms with Crippen molar-refractivity contribution in [1.82, 2.24) is 14.0 Å². The van der Waals surface area contributed by atoms with E-state index in [4.69, 9.17) is 10.5 Å². The van der Waals surface area contributed by atoms with E-state index in [1.165, 1.54) is 7.05 Å². The predicted molar refractivity (Wildman–Crippen MR) is 108 cm³/mol. The number of carbonyl (C=O) groups excluding carboxylic acids is 3. The van der Waals surface area contributed by atoms with Crippen LogP contribution in [0.2, 0.25) is 0 Å². The monoisotopic (exact) mass is 420 g/mol. The van der Waals surface area contributed by atoms with Crippen molar-refractivity contribution < 1.29 is 19.1 Å². The highest BCUT2D eigenvalue weighted by Gasteiger charge is 2.39. The van der Waals surface area contributed by atoms with Crippen LogP contribution < -0.4 is 17.0 Å². The summed E-state index contributed by atoms with van der Waals surface area (Å²) < 4.78 is 7.10. The molecule has 30 heavy (non-hydrogen) atoms. The number of aromatic nitrogens is 2. The van der Waals surface area contributed by atoms with Crippen molar-refractivity contribution in [2.75, 3.05) is 18.9 Å². The molecule has 2 aliphatic rings. The average Bonchev–Trinajstić information content (AvgIpc) is 3.37. The van der Waals surface area contributed by atoms with Gasteiger partial charge in [0.1, 0.15) is 11.4 Å². The number of Topliss-reactive ketones (excluding diaryl/α,β-unsaturated/α-hetero) is 1. The molecule has 0 spiro atoms. The Labute approximate surface area is 173 Å². The highest BCUT2D eigenvalue weighted by atomic mass is 16.5. The van der Waals surface area contributed by atoms with Gasteiger partial charge in [-0.25, -0.2) is 4.79 Å². The summed E-state index contributed by atoms with van der Waals surface area (Å²) in [6.45, 7) is 1.70. The summed E-state index contributed by atoms with van der Waals surface area (Å²) >= 11 is 0. The van der Waals surface area contributed by atoms with Gasteiger partial charge in [0.2, 0.25) is 11.7 Å². The molecule has 1 aromatic rings. The zero-order valence-corrected chi connectivity index (χ0v) is 17.4. The van der Waals surface area contributed by atoms with Gasteiger partial charge in [0.25, 0.3) is 5.56 Å². The van der Waals surface area contributed by atoms with Gasteiger partial charge in [-0.2, -0.15) is 0 Å². The quantitative estimate of drug-likeness (QED) is 0.487. The van der Waals surface area contributed by atoms with Crippen molar-refractivity contribution in [2.24, 2.45) is 13.0 Å². The first-order valence-electron chi connectivity index (χ1n) is 10.3. The highest BCUT2D eigenvalue weighted by molar-refractivity contribution is 6.01. The summed E-state index contributed by atoms with van der Waals surface area (Å²) in [6, 6.07) is 0.180. The molecule has 2 fully saturated rings. The topological polar surface area (TPSA) is 134 Å². The smallest absolute Gasteiger partial charge is 0.332 e. The van der Waals surface area contributed by atoms with Crippen molar-refractivity contribution in [3.8, 4) is 0 Å². The lowest BCUT2D eigenvalue weighted by atomic mass is 10.1. The fourth-order valence-corrected chi connectivity index (χ4v) is 4.27. The molecule has 1 saturated carbocycles. The van der Waals surface area contributed by atoms with Crippen LogP contribution in [0.25, 0.3) is 0 Å². The lowest BCUT2D eigenvalue weighted by Gasteiger charge is -2.23. The second-order valence-electron chi connectivity index (χ2n) is 7.97. The molecule has 0 aromatic carbocycles. The Morgan fingerprint density at radius 2 is 1.83 bits per heavy atom. The molecule has 0 radical (unpaired) electrons. The van der Waals surface area contributed by atoms with Gasteiger partial charge in [0.05, 0.1) is 5.92 Å². The summed E-state index contributed by atoms with van der Waals surface area (Å²) in [5.74, 6) is -2.34. The largest absolute Gasteiger partial charge is 0.457 e. The van der Waals surface area contributed by atoms with E-state index in [0.29, 0.717) is 13.0 Å². The summed E-state index contributed by atoms with van der Waals surface area (Å²) in [4.78, 5) is 63.6. The predicted octanol–water partition coefficient (Wildman–Crippen LogP) is 0.0562. The van der Waals surface area contributed by atoms with E-state index in [9.17, 15) is 24.0 Å². The molecule has 1 atom stereocenters. The fourth-order valence-electron chi connectivity index (χ4n) is 4.27. The summed E-state index contributed by atoms with van der Waals surface area (Å²) in [6.07, 6.45) is 4.69. The van der Waals surface area contributed by atoms with Gasteiger partial charge in [0, 0.05) is 32.6 Å². The number of ketones is 1. The summed E-state index contributed by atoms with van der Waals surface area (Å²) in [7, 11) is 1.26. The lowest BCUT2D eigenvalue weighted by Crippen LogP contribution is -2.43. The molecular formula is C20H28N4O6. The second-order valence-corrected chi connectivity index (χ2v) is 7.97. The number of nitrogens with two attached hydrogens (primary N) is 1. The van der Waals surface area contributed by atoms with Crippen LogP contribution >= 0.6 is 0 Å². The number of nitrogens with zero attached hydrogens (tertiary/aromatic N) is 3. The Hall–Kier alpha value is -2.91. The number of esters is 1. The first kappa shape index (κ1) is 21.8. The Bertz CT molecular complexity index is 973. The van der Waals surface area contributed by atoms with E-state index in [1.54, 1.807) is 4.90 Å². The maximum absolute atomic E-state index is 12.6. The van der Waals surface area contributed by atoms with Crippen LogP contribution in [-0.2, 0) is 27.9 Å². The minimum absolute atomic E-state index is 0.0643. The van der Waals surface area contributed by atoms with Crippen molar-refractivity contribution >= 4 is 23.5 Å². The minimum atomic E-state index is -0.825. The molecular weight excluding hydrogens is 392 g/mol. The van der Waals surface area contributed by atoms with E-state index in [2.05, 4.69) is 0 Å². The van der Waals surface area contributed by atoms with E-state index < -0.39 is 35.5 Å². The number of anilines is 1. The van der Waals surface area contributed by atoms with Crippen LogP contribution in [0.15, 0.2) is 9.59 Å². The average molecular weight is 420 g/mol. The fraction of sp³-hybridized carbons (Fsp3) is 0.650. The molecule has 0 unspecified atom stereocenters. The molecule has 0 bridgehead atoms. The van der Waals surface area contributed by atoms with Crippen LogP contribution in [0.3, 0.4) is 0 Å². The van der Waals surface area contributed by atoms with Crippen molar-refractivity contribution in [3.63, 3.8) is 0 Å². The number of carbonyl (C=O) groups is 3. The second kappa shape index (κ2) is 8.85. The molecule has 10 nitrogen and oxygen atoms in total. The Morgan fingerprint density at radius 3 is 2.47 bits per heavy atom. The number of ether oxygens (including phenoxy) is 1. The maximum Gasteiger partial charge on any atom is 0.332 e. The van der Waals surface area contributed by atoms with Crippen LogP contribution in [0.4, 0.5) is 5.82 Å². The molecule has 2 N–H and O–H groups in total. The highest BCUT2D eigenvalue weighted by Crippen LogP contribution is 2.29. The van der Waals surface area contributed by atoms with Gasteiger partial charge in [-0.1, -0.05) is 19.8 Å². The van der Waals surface area contributed by atoms with Gasteiger partial charge < -0.3 is 15.4 Å². The first-order chi connectivity index (χ1) is 14.3. The van der Waals surface area contributed by atoms with Crippen LogP contribution in [0.1, 0.15) is 55.8 Å². The third kappa shape index (κ3) is 4.03. The SMILES string of the molecule is CCCn1c(N)c(C(=O)COC(=O)[C@@H]2CC(=O)N(C3CCCC3)C2)c(=O)n(C)c1=O. The van der Waals surface area contributed by atoms with Crippen LogP contribution in [0, 0.1) is 5.92 Å². The molecule has 1 aromatic heterocycles. The molecule has 1 aliphatic carbocycles. The molecule has 1 saturated heterocycles. The van der Waals surface area contributed by atoms with Gasteiger partial charge in [-0.15, -0.1) is 0 Å². The van der Waals surface area contributed by atoms with Crippen molar-refractivity contribution in [2.45, 2.75) is 58.0 Å². The van der Waals surface area contributed by atoms with Gasteiger partial charge >= 0.3 is 11.7 Å². The molecule has 3 rings (SSSR count). The number of hydrogen-bond donors (Lipinski definition) is 1. The van der Waals surface area contributed by atoms with Gasteiger partial charge in [-0.3, -0.25) is 28.3 Å². The number of nitrogen functional groups attached to an aromatic ring is 1. The molecule has 2 heterocycles. The van der Waals surface area contributed by atoms with Crippen molar-refractivity contribution in [3.05, 3.63) is 26.4 Å². The molecule has 164 valence electrons. The summed E-state index contributed by atoms with van der Waals surface area (Å²) in [5, 5.41) is 0. The minimum Gasteiger partial charge on any atom is -0.457 e. The van der Waals surface area contributed by atoms with E-state index in [0.717, 1.165) is 34.8 Å². The molecule has 10 heteroatoms. The standard InChI is InChI=1S/C20H28N4O6/c1-3-8-23-17(21)16(18(27)22(2)20(23)29)14(25)11-30-19(28)12-9-15(26)24(10-12)13-6-4-5-7-13/h12-13H,3-11,21H2,1-2H3/t12-/m1/s1. The van der Waals surface area contributed by atoms with Crippen LogP contribution in [-0.4, -0.2) is 50.9 Å². The maximum atomic E-state index is 12.6. The molecule has 1 aliphatic heterocycles. The van der Waals surface area contributed by atoms with Crippen molar-refractivity contribution in [1.29, 1.82) is 0 Å². The van der Waals surface area contributed by atoms with E-state index >= 15 is 0 Å². The Morgan fingerprint density at radius 1 is 1.17 bits per heavy atom. The Kier molecular flexibility index (Phi) is 6.42. The number of hydrogen-bond acceptors (Lipinski definition) is 7. The first-order valence-corrected chi connectivity index (χ1v) is 10.3. The Balaban J connectivity index is 1.69. The third-order valence-electron chi connectivity index (χ3n) is 5.91. The van der Waals surface area contributed by atoms with E-state index in [1.807, 2.05) is 6.92 Å². The zero-order chi connectivity index (χ0) is 22.0. The lowest BCUT2D eigenvalue weighted by molar-refractivity contribution is -0.147. The number of likely N-dealkylation sites (tertiary alicyclic amines) is 1. The molecule has 1 amide bonds. The van der Waals surface area contributed by atoms with E-state index in [-0.39, 0.29) is 36.3 Å². The third-order valence-corrected chi connectivity index (χ3v) is 5.91. The van der Waals surface area contributed by atoms with Gasteiger partial charge in [-0.05, 0) is 19.3 Å². The van der Waals surface area contributed by atoms with Gasteiger partial charge in [0.15, 0.2) is 6.61 Å². The zero-order valence-electron chi connectivity index (χ0n) is 17.4. The normalized spacial score (nSPS) is 19.5. The number of amides is 1. The number of rotatable bonds is 7. The summed E-state index contributed by atoms with van der Waals surface area (Å²) in [5.41, 5.74) is 4.11. The van der Waals surface area contributed by atoms with Crippen LogP contribution in [0.5, 0.6) is 0 Å².